The second-order valence-electron chi connectivity index (χ2n) is 5.96. The molecule has 1 aromatic rings. The van der Waals surface area contributed by atoms with Crippen LogP contribution in [0.1, 0.15) is 19.8 Å². The number of amides is 1. The van der Waals surface area contributed by atoms with Crippen molar-refractivity contribution in [2.24, 2.45) is 11.1 Å². The Bertz CT molecular complexity index is 530. The molecule has 1 amide bonds. The van der Waals surface area contributed by atoms with Crippen LogP contribution >= 0.6 is 24.0 Å². The predicted molar refractivity (Wildman–Crippen MR) is 90.1 cm³/mol. The summed E-state index contributed by atoms with van der Waals surface area (Å²) in [6.45, 7) is 5.35. The summed E-state index contributed by atoms with van der Waals surface area (Å²) >= 11 is 5.67. The first-order chi connectivity index (χ1) is 9.92. The molecule has 7 heteroatoms. The van der Waals surface area contributed by atoms with E-state index in [1.165, 1.54) is 12.1 Å². The van der Waals surface area contributed by atoms with Gasteiger partial charge in [-0.15, -0.1) is 12.4 Å². The molecule has 3 N–H and O–H groups in total. The lowest BCUT2D eigenvalue weighted by molar-refractivity contribution is -0.116. The van der Waals surface area contributed by atoms with Crippen molar-refractivity contribution in [2.75, 3.05) is 31.5 Å². The van der Waals surface area contributed by atoms with Crippen LogP contribution < -0.4 is 11.1 Å². The lowest BCUT2D eigenvalue weighted by Crippen LogP contribution is -2.32. The molecule has 0 radical (unpaired) electrons. The molecule has 1 aliphatic rings. The van der Waals surface area contributed by atoms with Crippen molar-refractivity contribution in [2.45, 2.75) is 19.8 Å². The summed E-state index contributed by atoms with van der Waals surface area (Å²) in [7, 11) is 0. The molecule has 1 saturated heterocycles. The molecule has 0 aliphatic carbocycles. The normalized spacial score (nSPS) is 21.5. The van der Waals surface area contributed by atoms with Crippen molar-refractivity contribution in [3.05, 3.63) is 29.0 Å². The van der Waals surface area contributed by atoms with Gasteiger partial charge in [0.2, 0.25) is 5.91 Å². The number of nitrogens with zero attached hydrogens (tertiary/aromatic N) is 1. The van der Waals surface area contributed by atoms with Gasteiger partial charge in [-0.05, 0) is 43.1 Å². The number of nitrogens with one attached hydrogen (secondary N) is 1. The van der Waals surface area contributed by atoms with Gasteiger partial charge < -0.3 is 16.0 Å². The van der Waals surface area contributed by atoms with Gasteiger partial charge in [0.05, 0.1) is 5.69 Å². The van der Waals surface area contributed by atoms with Crippen LogP contribution in [0.4, 0.5) is 10.1 Å². The molecule has 1 heterocycles. The van der Waals surface area contributed by atoms with Crippen molar-refractivity contribution in [1.29, 1.82) is 0 Å². The first-order valence-corrected chi connectivity index (χ1v) is 7.47. The molecule has 1 unspecified atom stereocenters. The number of hydrogen-bond acceptors (Lipinski definition) is 3. The van der Waals surface area contributed by atoms with Crippen LogP contribution in [-0.4, -0.2) is 37.0 Å². The third-order valence-electron chi connectivity index (χ3n) is 3.99. The van der Waals surface area contributed by atoms with E-state index in [0.717, 1.165) is 19.5 Å². The second-order valence-corrected chi connectivity index (χ2v) is 6.40. The lowest BCUT2D eigenvalue weighted by Gasteiger charge is -2.22. The summed E-state index contributed by atoms with van der Waals surface area (Å²) in [6.07, 6.45) is 1.39. The fourth-order valence-electron chi connectivity index (χ4n) is 2.55. The molecule has 2 rings (SSSR count). The molecule has 0 saturated carbocycles. The zero-order chi connectivity index (χ0) is 15.5. The minimum absolute atomic E-state index is 0. The smallest absolute Gasteiger partial charge is 0.225 e. The van der Waals surface area contributed by atoms with Crippen LogP contribution in [0.5, 0.6) is 0 Å². The summed E-state index contributed by atoms with van der Waals surface area (Å²) in [5.41, 5.74) is 6.07. The molecule has 1 fully saturated rings. The standard InChI is InChI=1S/C15H21ClFN3O.ClH/c1-15(9-18)5-7-20(10-15)6-4-14(21)19-13-3-2-11(16)8-12(13)17;/h2-3,8H,4-7,9-10,18H2,1H3,(H,19,21);1H. The maximum atomic E-state index is 13.6. The van der Waals surface area contributed by atoms with E-state index in [9.17, 15) is 9.18 Å². The first kappa shape index (κ1) is 19.2. The zero-order valence-electron chi connectivity index (χ0n) is 12.6. The second kappa shape index (κ2) is 8.11. The van der Waals surface area contributed by atoms with Gasteiger partial charge in [0.15, 0.2) is 0 Å². The fourth-order valence-corrected chi connectivity index (χ4v) is 2.71. The maximum absolute atomic E-state index is 13.6. The number of halogens is 3. The highest BCUT2D eigenvalue weighted by atomic mass is 35.5. The molecule has 0 aromatic heterocycles. The van der Waals surface area contributed by atoms with E-state index in [1.807, 2.05) is 0 Å². The quantitative estimate of drug-likeness (QED) is 0.859. The SMILES string of the molecule is CC1(CN)CCN(CCC(=O)Nc2ccc(Cl)cc2F)C1.Cl. The molecular weight excluding hydrogens is 328 g/mol. The summed E-state index contributed by atoms with van der Waals surface area (Å²) in [6, 6.07) is 4.20. The zero-order valence-corrected chi connectivity index (χ0v) is 14.1. The van der Waals surface area contributed by atoms with Crippen molar-refractivity contribution < 1.29 is 9.18 Å². The van der Waals surface area contributed by atoms with Crippen molar-refractivity contribution in [3.63, 3.8) is 0 Å². The van der Waals surface area contributed by atoms with Gasteiger partial charge in [-0.25, -0.2) is 4.39 Å². The highest BCUT2D eigenvalue weighted by Crippen LogP contribution is 2.28. The third kappa shape index (κ3) is 5.09. The molecule has 0 spiro atoms. The Labute approximate surface area is 141 Å². The van der Waals surface area contributed by atoms with Gasteiger partial charge in [-0.3, -0.25) is 4.79 Å². The summed E-state index contributed by atoms with van der Waals surface area (Å²) in [5, 5.41) is 2.88. The average molecular weight is 350 g/mol. The van der Waals surface area contributed by atoms with Gasteiger partial charge in [0.1, 0.15) is 5.82 Å². The molecule has 0 bridgehead atoms. The van der Waals surface area contributed by atoms with Crippen LogP contribution in [0.15, 0.2) is 18.2 Å². The summed E-state index contributed by atoms with van der Waals surface area (Å²) in [4.78, 5) is 14.1. The largest absolute Gasteiger partial charge is 0.330 e. The van der Waals surface area contributed by atoms with Crippen molar-refractivity contribution in [1.82, 2.24) is 4.90 Å². The Hall–Kier alpha value is -0.880. The van der Waals surface area contributed by atoms with E-state index in [-0.39, 0.29) is 29.4 Å². The molecule has 1 aliphatic heterocycles. The minimum Gasteiger partial charge on any atom is -0.330 e. The molecule has 4 nitrogen and oxygen atoms in total. The number of nitrogens with two attached hydrogens (primary N) is 1. The maximum Gasteiger partial charge on any atom is 0.225 e. The average Bonchev–Trinajstić information content (AvgIpc) is 2.82. The molecule has 1 atom stereocenters. The number of anilines is 1. The monoisotopic (exact) mass is 349 g/mol. The number of carbonyl (C=O) groups excluding carboxylic acids is 1. The molecule has 124 valence electrons. The van der Waals surface area contributed by atoms with E-state index in [4.69, 9.17) is 17.3 Å². The van der Waals surface area contributed by atoms with Gasteiger partial charge in [0, 0.05) is 24.5 Å². The lowest BCUT2D eigenvalue weighted by atomic mass is 9.90. The van der Waals surface area contributed by atoms with E-state index < -0.39 is 5.82 Å². The molecular formula is C15H22Cl2FN3O. The molecule has 22 heavy (non-hydrogen) atoms. The van der Waals surface area contributed by atoms with Gasteiger partial charge in [-0.1, -0.05) is 18.5 Å². The van der Waals surface area contributed by atoms with Gasteiger partial charge >= 0.3 is 0 Å². The third-order valence-corrected chi connectivity index (χ3v) is 4.23. The van der Waals surface area contributed by atoms with Gasteiger partial charge in [0.25, 0.3) is 0 Å². The first-order valence-electron chi connectivity index (χ1n) is 7.09. The van der Waals surface area contributed by atoms with E-state index in [2.05, 4.69) is 17.1 Å². The van der Waals surface area contributed by atoms with E-state index >= 15 is 0 Å². The highest BCUT2D eigenvalue weighted by molar-refractivity contribution is 6.30. The Morgan fingerprint density at radius 1 is 1.55 bits per heavy atom. The number of rotatable bonds is 5. The number of likely N-dealkylation sites (tertiary alicyclic amines) is 1. The fraction of sp³-hybridized carbons (Fsp3) is 0.533. The van der Waals surface area contributed by atoms with E-state index in [0.29, 0.717) is 24.5 Å². The van der Waals surface area contributed by atoms with Crippen LogP contribution in [0.25, 0.3) is 0 Å². The predicted octanol–water partition coefficient (Wildman–Crippen LogP) is 2.90. The minimum atomic E-state index is -0.521. The molecule has 1 aromatic carbocycles. The topological polar surface area (TPSA) is 58.4 Å². The number of hydrogen-bond donors (Lipinski definition) is 2. The van der Waals surface area contributed by atoms with Gasteiger partial charge in [-0.2, -0.15) is 0 Å². The van der Waals surface area contributed by atoms with Crippen LogP contribution in [-0.2, 0) is 4.79 Å². The van der Waals surface area contributed by atoms with Crippen molar-refractivity contribution in [3.8, 4) is 0 Å². The van der Waals surface area contributed by atoms with E-state index in [1.54, 1.807) is 6.07 Å². The Morgan fingerprint density at radius 2 is 2.27 bits per heavy atom. The Kier molecular flexibility index (Phi) is 7.06. The highest BCUT2D eigenvalue weighted by Gasteiger charge is 2.32. The number of carbonyl (C=O) groups is 1. The summed E-state index contributed by atoms with van der Waals surface area (Å²) < 4.78 is 13.6. The van der Waals surface area contributed by atoms with Crippen LogP contribution in [0.3, 0.4) is 0 Å². The van der Waals surface area contributed by atoms with Crippen LogP contribution in [0, 0.1) is 11.2 Å². The number of benzene rings is 1. The van der Waals surface area contributed by atoms with Crippen LogP contribution in [0.2, 0.25) is 5.02 Å². The van der Waals surface area contributed by atoms with Crippen molar-refractivity contribution >= 4 is 35.6 Å². The Balaban J connectivity index is 0.00000242. The Morgan fingerprint density at radius 3 is 2.86 bits per heavy atom. The summed E-state index contributed by atoms with van der Waals surface area (Å²) in [5.74, 6) is -0.717.